The standard InChI is InChI=1S/C50H91NO18/c1-3-5-7-9-11-13-14-15-16-17-18-20-22-24-26-28-38(56)51-33(34(55)27-25-23-21-19-12-10-8-6-4-2)32-64-48-44(62)41(59)46(36(30-53)66-48)69-50-45(63)42(60)47(37(31-54)67-50)68-49-43(61)40(58)39(57)35(29-52)65-49/h11,13,15-16,33-37,39-50,52-55,57-63H,3-10,12,14,17-32H2,1-2H3,(H,51,56)/b13-11-,16-15-. The predicted molar refractivity (Wildman–Crippen MR) is 254 cm³/mol. The highest BCUT2D eigenvalue weighted by molar-refractivity contribution is 5.76. The summed E-state index contributed by atoms with van der Waals surface area (Å²) < 4.78 is 34.1. The topological polar surface area (TPSA) is 307 Å². The fourth-order valence-corrected chi connectivity index (χ4v) is 8.87. The summed E-state index contributed by atoms with van der Waals surface area (Å²) in [6, 6.07) is -0.889. The first-order valence-corrected chi connectivity index (χ1v) is 26.1. The lowest BCUT2D eigenvalue weighted by atomic mass is 9.96. The van der Waals surface area contributed by atoms with E-state index in [1.807, 2.05) is 0 Å². The number of rotatable bonds is 36. The van der Waals surface area contributed by atoms with Crippen LogP contribution in [0.25, 0.3) is 0 Å². The van der Waals surface area contributed by atoms with Gasteiger partial charge in [0.25, 0.3) is 0 Å². The van der Waals surface area contributed by atoms with Gasteiger partial charge in [-0.05, 0) is 44.9 Å². The van der Waals surface area contributed by atoms with E-state index in [1.165, 1.54) is 51.4 Å². The molecule has 0 spiro atoms. The molecule has 17 atom stereocenters. The van der Waals surface area contributed by atoms with Crippen LogP contribution in [0, 0.1) is 0 Å². The number of carbonyl (C=O) groups is 1. The Morgan fingerprint density at radius 2 is 0.957 bits per heavy atom. The van der Waals surface area contributed by atoms with Crippen molar-refractivity contribution < 1.29 is 89.4 Å². The minimum atomic E-state index is -1.97. The highest BCUT2D eigenvalue weighted by atomic mass is 16.8. The molecule has 3 aliphatic rings. The maximum Gasteiger partial charge on any atom is 0.220 e. The number of aliphatic hydroxyl groups is 11. The van der Waals surface area contributed by atoms with E-state index in [4.69, 9.17) is 28.4 Å². The molecule has 0 saturated carbocycles. The molecule has 0 aromatic carbocycles. The van der Waals surface area contributed by atoms with Gasteiger partial charge in [0.05, 0.1) is 38.6 Å². The molecule has 19 nitrogen and oxygen atoms in total. The summed E-state index contributed by atoms with van der Waals surface area (Å²) in [5, 5.41) is 120. The Morgan fingerprint density at radius 1 is 0.522 bits per heavy atom. The Bertz CT molecular complexity index is 1380. The Kier molecular flexibility index (Phi) is 31.6. The summed E-state index contributed by atoms with van der Waals surface area (Å²) in [5.74, 6) is -0.262. The van der Waals surface area contributed by atoms with Crippen LogP contribution in [0.1, 0.15) is 155 Å². The number of hydrogen-bond acceptors (Lipinski definition) is 18. The van der Waals surface area contributed by atoms with Crippen LogP contribution in [0.2, 0.25) is 0 Å². The largest absolute Gasteiger partial charge is 0.394 e. The second-order valence-electron chi connectivity index (χ2n) is 19.0. The summed E-state index contributed by atoms with van der Waals surface area (Å²) in [6.07, 6.45) is 4.39. The molecule has 0 aromatic rings. The lowest BCUT2D eigenvalue weighted by Crippen LogP contribution is -2.66. The molecule has 69 heavy (non-hydrogen) atoms. The van der Waals surface area contributed by atoms with Gasteiger partial charge in [-0.25, -0.2) is 0 Å². The van der Waals surface area contributed by atoms with E-state index in [2.05, 4.69) is 43.5 Å². The van der Waals surface area contributed by atoms with Crippen molar-refractivity contribution in [3.8, 4) is 0 Å². The molecule has 3 heterocycles. The van der Waals surface area contributed by atoms with E-state index in [0.29, 0.717) is 12.8 Å². The number of carbonyl (C=O) groups excluding carboxylic acids is 1. The Morgan fingerprint density at radius 3 is 1.51 bits per heavy atom. The first-order valence-electron chi connectivity index (χ1n) is 26.1. The molecule has 19 heteroatoms. The Labute approximate surface area is 409 Å². The number of ether oxygens (including phenoxy) is 6. The molecule has 3 saturated heterocycles. The van der Waals surface area contributed by atoms with E-state index in [0.717, 1.165) is 70.6 Å². The quantitative estimate of drug-likeness (QED) is 0.0316. The molecule has 3 aliphatic heterocycles. The lowest BCUT2D eigenvalue weighted by Gasteiger charge is -2.48. The van der Waals surface area contributed by atoms with Gasteiger partial charge in [-0.15, -0.1) is 0 Å². The minimum absolute atomic E-state index is 0.250. The molecule has 3 fully saturated rings. The molecule has 0 aliphatic carbocycles. The number of unbranched alkanes of at least 4 members (excludes halogenated alkanes) is 16. The van der Waals surface area contributed by atoms with E-state index in [1.54, 1.807) is 0 Å². The first-order chi connectivity index (χ1) is 33.3. The fourth-order valence-electron chi connectivity index (χ4n) is 8.87. The molecule has 12 N–H and O–H groups in total. The van der Waals surface area contributed by atoms with Gasteiger partial charge in [0.1, 0.15) is 73.2 Å². The average Bonchev–Trinajstić information content (AvgIpc) is 3.34. The highest BCUT2D eigenvalue weighted by Crippen LogP contribution is 2.33. The molecular formula is C50H91NO18. The van der Waals surface area contributed by atoms with E-state index in [9.17, 15) is 61.0 Å². The van der Waals surface area contributed by atoms with Crippen LogP contribution in [-0.2, 0) is 33.2 Å². The molecule has 0 aromatic heterocycles. The highest BCUT2D eigenvalue weighted by Gasteiger charge is 2.53. The van der Waals surface area contributed by atoms with Gasteiger partial charge in [-0.2, -0.15) is 0 Å². The van der Waals surface area contributed by atoms with Crippen molar-refractivity contribution in [2.24, 2.45) is 0 Å². The van der Waals surface area contributed by atoms with Crippen LogP contribution in [0.5, 0.6) is 0 Å². The van der Waals surface area contributed by atoms with Gasteiger partial charge in [0, 0.05) is 6.42 Å². The van der Waals surface area contributed by atoms with Crippen LogP contribution < -0.4 is 5.32 Å². The zero-order valence-electron chi connectivity index (χ0n) is 41.3. The third kappa shape index (κ3) is 21.3. The van der Waals surface area contributed by atoms with Crippen molar-refractivity contribution in [1.82, 2.24) is 5.32 Å². The van der Waals surface area contributed by atoms with Crippen LogP contribution in [-0.4, -0.2) is 193 Å². The Balaban J connectivity index is 1.54. The molecular weight excluding hydrogens is 903 g/mol. The average molecular weight is 994 g/mol. The van der Waals surface area contributed by atoms with Crippen LogP contribution in [0.4, 0.5) is 0 Å². The first kappa shape index (κ1) is 61.6. The number of allylic oxidation sites excluding steroid dienone is 4. The molecule has 3 rings (SSSR count). The zero-order valence-corrected chi connectivity index (χ0v) is 41.3. The molecule has 17 unspecified atom stereocenters. The minimum Gasteiger partial charge on any atom is -0.394 e. The number of nitrogens with one attached hydrogen (secondary N) is 1. The molecule has 0 bridgehead atoms. The van der Waals surface area contributed by atoms with Gasteiger partial charge in [0.15, 0.2) is 18.9 Å². The van der Waals surface area contributed by atoms with Crippen molar-refractivity contribution in [3.05, 3.63) is 24.3 Å². The predicted octanol–water partition coefficient (Wildman–Crippen LogP) is 2.03. The van der Waals surface area contributed by atoms with E-state index >= 15 is 0 Å². The zero-order chi connectivity index (χ0) is 50.6. The monoisotopic (exact) mass is 994 g/mol. The SMILES string of the molecule is CCCCC/C=C\C/C=C\CCCCCCCC(=O)NC(COC1OC(CO)C(OC2OC(CO)C(OC3OC(CO)C(O)C(O)C3O)C(O)C2O)C(O)C1O)C(O)CCCCCCCCCCC. The maximum atomic E-state index is 13.2. The van der Waals surface area contributed by atoms with Gasteiger partial charge < -0.3 is 89.9 Å². The molecule has 0 radical (unpaired) electrons. The summed E-state index contributed by atoms with van der Waals surface area (Å²) in [6.45, 7) is 1.68. The fraction of sp³-hybridized carbons (Fsp3) is 0.900. The van der Waals surface area contributed by atoms with Crippen molar-refractivity contribution in [2.45, 2.75) is 259 Å². The number of hydrogen-bond donors (Lipinski definition) is 12. The molecule has 1 amide bonds. The summed E-state index contributed by atoms with van der Waals surface area (Å²) >= 11 is 0. The van der Waals surface area contributed by atoms with Gasteiger partial charge in [-0.1, -0.05) is 128 Å². The van der Waals surface area contributed by atoms with Crippen molar-refractivity contribution in [1.29, 1.82) is 0 Å². The third-order valence-electron chi connectivity index (χ3n) is 13.3. The lowest BCUT2D eigenvalue weighted by molar-refractivity contribution is -0.379. The van der Waals surface area contributed by atoms with Gasteiger partial charge in [-0.3, -0.25) is 4.79 Å². The molecule has 404 valence electrons. The maximum absolute atomic E-state index is 13.2. The number of amides is 1. The normalized spacial score (nSPS) is 33.0. The second kappa shape index (κ2) is 35.4. The van der Waals surface area contributed by atoms with Crippen molar-refractivity contribution >= 4 is 5.91 Å². The van der Waals surface area contributed by atoms with E-state index in [-0.39, 0.29) is 18.9 Å². The second-order valence-corrected chi connectivity index (χ2v) is 19.0. The summed E-state index contributed by atoms with van der Waals surface area (Å²) in [7, 11) is 0. The third-order valence-corrected chi connectivity index (χ3v) is 13.3. The van der Waals surface area contributed by atoms with Crippen molar-refractivity contribution in [3.63, 3.8) is 0 Å². The van der Waals surface area contributed by atoms with E-state index < -0.39 is 124 Å². The Hall–Kier alpha value is -1.73. The summed E-state index contributed by atoms with van der Waals surface area (Å²) in [4.78, 5) is 13.2. The van der Waals surface area contributed by atoms with Gasteiger partial charge >= 0.3 is 0 Å². The van der Waals surface area contributed by atoms with Crippen molar-refractivity contribution in [2.75, 3.05) is 26.4 Å². The smallest absolute Gasteiger partial charge is 0.220 e. The van der Waals surface area contributed by atoms with Crippen LogP contribution >= 0.6 is 0 Å². The van der Waals surface area contributed by atoms with Gasteiger partial charge in [0.2, 0.25) is 5.91 Å². The van der Waals surface area contributed by atoms with Crippen LogP contribution in [0.15, 0.2) is 24.3 Å². The number of aliphatic hydroxyl groups excluding tert-OH is 11. The summed E-state index contributed by atoms with van der Waals surface area (Å²) in [5.41, 5.74) is 0. The van der Waals surface area contributed by atoms with Crippen LogP contribution in [0.3, 0.4) is 0 Å².